The Balaban J connectivity index is 1.91. The molecule has 5 heteroatoms. The molecule has 0 aromatic heterocycles. The highest BCUT2D eigenvalue weighted by Crippen LogP contribution is 2.21. The Hall–Kier alpha value is -1.10. The summed E-state index contributed by atoms with van der Waals surface area (Å²) in [5.41, 5.74) is 0. The fourth-order valence-electron chi connectivity index (χ4n) is 3.14. The number of amides is 2. The second-order valence-electron chi connectivity index (χ2n) is 6.36. The van der Waals surface area contributed by atoms with E-state index in [2.05, 4.69) is 5.32 Å². The summed E-state index contributed by atoms with van der Waals surface area (Å²) in [5.74, 6) is 0.138. The van der Waals surface area contributed by atoms with Crippen molar-refractivity contribution in [3.05, 3.63) is 0 Å². The molecule has 1 saturated carbocycles. The van der Waals surface area contributed by atoms with Gasteiger partial charge in [0.1, 0.15) is 12.1 Å². The summed E-state index contributed by atoms with van der Waals surface area (Å²) in [6.45, 7) is 6.87. The van der Waals surface area contributed by atoms with Crippen LogP contribution in [-0.2, 0) is 14.3 Å². The smallest absolute Gasteiger partial charge is 0.246 e. The van der Waals surface area contributed by atoms with E-state index in [1.165, 1.54) is 12.8 Å². The number of carbonyl (C=O) groups excluding carboxylic acids is 2. The molecular weight excluding hydrogens is 268 g/mol. The van der Waals surface area contributed by atoms with E-state index in [-0.39, 0.29) is 23.8 Å². The third-order valence-electron chi connectivity index (χ3n) is 4.89. The molecule has 0 spiro atoms. The molecule has 2 aliphatic rings. The first-order chi connectivity index (χ1) is 10.0. The van der Waals surface area contributed by atoms with Gasteiger partial charge in [0.2, 0.25) is 11.8 Å². The van der Waals surface area contributed by atoms with E-state index in [4.69, 9.17) is 4.74 Å². The summed E-state index contributed by atoms with van der Waals surface area (Å²) in [4.78, 5) is 26.3. The van der Waals surface area contributed by atoms with Gasteiger partial charge >= 0.3 is 0 Å². The molecule has 21 heavy (non-hydrogen) atoms. The van der Waals surface area contributed by atoms with Crippen LogP contribution in [0.25, 0.3) is 0 Å². The molecule has 2 amide bonds. The van der Waals surface area contributed by atoms with Gasteiger partial charge in [-0.25, -0.2) is 0 Å². The maximum absolute atomic E-state index is 12.6. The topological polar surface area (TPSA) is 58.6 Å². The van der Waals surface area contributed by atoms with Gasteiger partial charge < -0.3 is 15.0 Å². The summed E-state index contributed by atoms with van der Waals surface area (Å²) >= 11 is 0. The molecule has 2 rings (SSSR count). The molecular formula is C16H28N2O3. The lowest BCUT2D eigenvalue weighted by Gasteiger charge is -2.39. The van der Waals surface area contributed by atoms with Crippen molar-refractivity contribution in [2.45, 2.75) is 71.1 Å². The van der Waals surface area contributed by atoms with E-state index in [0.29, 0.717) is 19.3 Å². The Kier molecular flexibility index (Phi) is 5.62. The third-order valence-corrected chi connectivity index (χ3v) is 4.89. The SMILES string of the molecule is CCC(C)C1NC(=O)C(C)N(CCOC2CCCC2)C1=O. The van der Waals surface area contributed by atoms with E-state index in [0.717, 1.165) is 19.3 Å². The van der Waals surface area contributed by atoms with Crippen molar-refractivity contribution in [1.29, 1.82) is 0 Å². The second kappa shape index (κ2) is 7.25. The van der Waals surface area contributed by atoms with Gasteiger partial charge in [-0.1, -0.05) is 33.1 Å². The zero-order chi connectivity index (χ0) is 15.4. The predicted octanol–water partition coefficient (Wildman–Crippen LogP) is 1.71. The fourth-order valence-corrected chi connectivity index (χ4v) is 3.14. The molecule has 1 heterocycles. The van der Waals surface area contributed by atoms with Crippen LogP contribution in [0, 0.1) is 5.92 Å². The quantitative estimate of drug-likeness (QED) is 0.812. The molecule has 0 aromatic carbocycles. The first-order valence-electron chi connectivity index (χ1n) is 8.27. The number of nitrogens with one attached hydrogen (secondary N) is 1. The number of ether oxygens (including phenoxy) is 1. The molecule has 1 N–H and O–H groups in total. The monoisotopic (exact) mass is 296 g/mol. The van der Waals surface area contributed by atoms with E-state index < -0.39 is 6.04 Å². The summed E-state index contributed by atoms with van der Waals surface area (Å²) < 4.78 is 5.83. The predicted molar refractivity (Wildman–Crippen MR) is 80.8 cm³/mol. The van der Waals surface area contributed by atoms with Crippen LogP contribution in [0.15, 0.2) is 0 Å². The maximum atomic E-state index is 12.6. The Morgan fingerprint density at radius 1 is 1.33 bits per heavy atom. The minimum atomic E-state index is -0.398. The molecule has 1 aliphatic heterocycles. The maximum Gasteiger partial charge on any atom is 0.246 e. The van der Waals surface area contributed by atoms with Gasteiger partial charge in [-0.05, 0) is 25.7 Å². The minimum Gasteiger partial charge on any atom is -0.376 e. The van der Waals surface area contributed by atoms with Crippen LogP contribution in [0.2, 0.25) is 0 Å². The van der Waals surface area contributed by atoms with Gasteiger partial charge in [-0.2, -0.15) is 0 Å². The Bertz CT molecular complexity index is 380. The molecule has 0 aromatic rings. The first kappa shape index (κ1) is 16.3. The Morgan fingerprint density at radius 2 is 2.00 bits per heavy atom. The van der Waals surface area contributed by atoms with Gasteiger partial charge in [0.05, 0.1) is 12.7 Å². The van der Waals surface area contributed by atoms with Crippen LogP contribution >= 0.6 is 0 Å². The number of hydrogen-bond donors (Lipinski definition) is 1. The van der Waals surface area contributed by atoms with Crippen molar-refractivity contribution >= 4 is 11.8 Å². The Labute approximate surface area is 127 Å². The molecule has 1 saturated heterocycles. The highest BCUT2D eigenvalue weighted by Gasteiger charge is 2.39. The highest BCUT2D eigenvalue weighted by atomic mass is 16.5. The van der Waals surface area contributed by atoms with Gasteiger partial charge in [0.25, 0.3) is 0 Å². The lowest BCUT2D eigenvalue weighted by atomic mass is 9.94. The molecule has 0 bridgehead atoms. The van der Waals surface area contributed by atoms with E-state index in [1.807, 2.05) is 13.8 Å². The molecule has 3 unspecified atom stereocenters. The lowest BCUT2D eigenvalue weighted by Crippen LogP contribution is -2.64. The van der Waals surface area contributed by atoms with Crippen molar-refractivity contribution < 1.29 is 14.3 Å². The largest absolute Gasteiger partial charge is 0.376 e. The standard InChI is InChI=1S/C16H28N2O3/c1-4-11(2)14-16(20)18(12(3)15(19)17-14)9-10-21-13-7-5-6-8-13/h11-14H,4-10H2,1-3H3,(H,17,19). The number of carbonyl (C=O) groups is 2. The highest BCUT2D eigenvalue weighted by molar-refractivity contribution is 5.96. The van der Waals surface area contributed by atoms with Gasteiger partial charge in [-0.3, -0.25) is 9.59 Å². The summed E-state index contributed by atoms with van der Waals surface area (Å²) in [7, 11) is 0. The van der Waals surface area contributed by atoms with Gasteiger partial charge in [0, 0.05) is 6.54 Å². The van der Waals surface area contributed by atoms with Crippen LogP contribution in [0.3, 0.4) is 0 Å². The van der Waals surface area contributed by atoms with Crippen molar-refractivity contribution in [3.63, 3.8) is 0 Å². The summed E-state index contributed by atoms with van der Waals surface area (Å²) in [6.07, 6.45) is 5.94. The number of hydrogen-bond acceptors (Lipinski definition) is 3. The van der Waals surface area contributed by atoms with Crippen LogP contribution < -0.4 is 5.32 Å². The van der Waals surface area contributed by atoms with Crippen molar-refractivity contribution in [2.24, 2.45) is 5.92 Å². The molecule has 1 aliphatic carbocycles. The zero-order valence-corrected chi connectivity index (χ0v) is 13.4. The van der Waals surface area contributed by atoms with Crippen molar-refractivity contribution in [3.8, 4) is 0 Å². The van der Waals surface area contributed by atoms with Crippen molar-refractivity contribution in [1.82, 2.24) is 10.2 Å². The third kappa shape index (κ3) is 3.76. The van der Waals surface area contributed by atoms with Crippen LogP contribution in [0.5, 0.6) is 0 Å². The van der Waals surface area contributed by atoms with E-state index in [9.17, 15) is 9.59 Å². The van der Waals surface area contributed by atoms with Crippen LogP contribution in [0.4, 0.5) is 0 Å². The minimum absolute atomic E-state index is 0.0338. The first-order valence-corrected chi connectivity index (χ1v) is 8.27. The normalized spacial score (nSPS) is 28.8. The Morgan fingerprint density at radius 3 is 2.62 bits per heavy atom. The second-order valence-corrected chi connectivity index (χ2v) is 6.36. The van der Waals surface area contributed by atoms with E-state index >= 15 is 0 Å². The number of rotatable bonds is 6. The van der Waals surface area contributed by atoms with Crippen LogP contribution in [0.1, 0.15) is 52.9 Å². The van der Waals surface area contributed by atoms with Crippen LogP contribution in [-0.4, -0.2) is 48.1 Å². The molecule has 120 valence electrons. The van der Waals surface area contributed by atoms with Gasteiger partial charge in [0.15, 0.2) is 0 Å². The number of nitrogens with zero attached hydrogens (tertiary/aromatic N) is 1. The number of piperazine rings is 1. The van der Waals surface area contributed by atoms with Crippen molar-refractivity contribution in [2.75, 3.05) is 13.2 Å². The summed E-state index contributed by atoms with van der Waals surface area (Å²) in [5, 5.41) is 2.86. The fraction of sp³-hybridized carbons (Fsp3) is 0.875. The van der Waals surface area contributed by atoms with Gasteiger partial charge in [-0.15, -0.1) is 0 Å². The average molecular weight is 296 g/mol. The summed E-state index contributed by atoms with van der Waals surface area (Å²) in [6, 6.07) is -0.782. The van der Waals surface area contributed by atoms with E-state index in [1.54, 1.807) is 11.8 Å². The molecule has 0 radical (unpaired) electrons. The molecule has 2 fully saturated rings. The molecule has 5 nitrogen and oxygen atoms in total. The average Bonchev–Trinajstić information content (AvgIpc) is 2.99. The zero-order valence-electron chi connectivity index (χ0n) is 13.4. The lowest BCUT2D eigenvalue weighted by molar-refractivity contribution is -0.151. The molecule has 3 atom stereocenters.